The van der Waals surface area contributed by atoms with Gasteiger partial charge in [-0.25, -0.2) is 0 Å². The van der Waals surface area contributed by atoms with E-state index in [1.807, 2.05) is 6.92 Å². The first-order chi connectivity index (χ1) is 11.2. The number of carbonyl (C=O) groups excluding carboxylic acids is 1. The summed E-state index contributed by atoms with van der Waals surface area (Å²) >= 11 is 0. The van der Waals surface area contributed by atoms with Crippen LogP contribution in [0.25, 0.3) is 0 Å². The van der Waals surface area contributed by atoms with Crippen molar-refractivity contribution in [1.82, 2.24) is 0 Å². The van der Waals surface area contributed by atoms with Gasteiger partial charge in [0.1, 0.15) is 0 Å². The van der Waals surface area contributed by atoms with Crippen molar-refractivity contribution in [2.45, 2.75) is 90.9 Å². The summed E-state index contributed by atoms with van der Waals surface area (Å²) in [5.74, 6) is -0.0208. The third kappa shape index (κ3) is 15.6. The molecule has 0 spiro atoms. The standard InChI is InChI=1S/C21H38O2/c1-4-5-6-7-8-9-10-11-12-13-14-15-16-17-18-19-20(2)21(22)23-3/h8-9,11-12,20H,4-7,10,13-19H2,1-3H3/b9-8-,12-11-. The van der Waals surface area contributed by atoms with E-state index in [0.29, 0.717) is 0 Å². The van der Waals surface area contributed by atoms with Crippen LogP contribution in [0.5, 0.6) is 0 Å². The van der Waals surface area contributed by atoms with Gasteiger partial charge in [-0.15, -0.1) is 0 Å². The number of hydrogen-bond donors (Lipinski definition) is 0. The van der Waals surface area contributed by atoms with Crippen LogP contribution < -0.4 is 0 Å². The zero-order valence-corrected chi connectivity index (χ0v) is 15.7. The van der Waals surface area contributed by atoms with Crippen LogP contribution in [0.2, 0.25) is 0 Å². The van der Waals surface area contributed by atoms with Crippen molar-refractivity contribution in [3.05, 3.63) is 24.3 Å². The molecule has 0 heterocycles. The summed E-state index contributed by atoms with van der Waals surface area (Å²) in [6, 6.07) is 0. The van der Waals surface area contributed by atoms with Gasteiger partial charge < -0.3 is 4.74 Å². The van der Waals surface area contributed by atoms with Gasteiger partial charge >= 0.3 is 5.97 Å². The highest BCUT2D eigenvalue weighted by molar-refractivity contribution is 5.71. The Labute approximate surface area is 144 Å². The molecule has 0 aromatic carbocycles. The molecule has 1 atom stereocenters. The van der Waals surface area contributed by atoms with Gasteiger partial charge in [-0.2, -0.15) is 0 Å². The predicted molar refractivity (Wildman–Crippen MR) is 101 cm³/mol. The third-order valence-electron chi connectivity index (χ3n) is 4.19. The molecule has 0 aliphatic carbocycles. The SMILES string of the molecule is CCCCC/C=C\C/C=C\CCCCCCCC(C)C(=O)OC. The quantitative estimate of drug-likeness (QED) is 0.193. The summed E-state index contributed by atoms with van der Waals surface area (Å²) in [5, 5.41) is 0. The van der Waals surface area contributed by atoms with E-state index in [0.717, 1.165) is 19.3 Å². The molecule has 1 unspecified atom stereocenters. The Balaban J connectivity index is 3.29. The summed E-state index contributed by atoms with van der Waals surface area (Å²) in [4.78, 5) is 11.3. The van der Waals surface area contributed by atoms with E-state index in [9.17, 15) is 4.79 Å². The molecule has 2 nitrogen and oxygen atoms in total. The molecule has 0 aromatic rings. The number of carbonyl (C=O) groups is 1. The molecule has 0 saturated carbocycles. The van der Waals surface area contributed by atoms with E-state index in [1.165, 1.54) is 64.9 Å². The Hall–Kier alpha value is -1.05. The van der Waals surface area contributed by atoms with Crippen LogP contribution in [0, 0.1) is 5.92 Å². The molecule has 0 aliphatic heterocycles. The third-order valence-corrected chi connectivity index (χ3v) is 4.19. The molecule has 0 fully saturated rings. The monoisotopic (exact) mass is 322 g/mol. The lowest BCUT2D eigenvalue weighted by molar-refractivity contribution is -0.145. The Morgan fingerprint density at radius 1 is 0.870 bits per heavy atom. The minimum atomic E-state index is -0.0745. The second-order valence-electron chi connectivity index (χ2n) is 6.44. The lowest BCUT2D eigenvalue weighted by atomic mass is 10.0. The Kier molecular flexibility index (Phi) is 16.5. The van der Waals surface area contributed by atoms with E-state index < -0.39 is 0 Å². The highest BCUT2D eigenvalue weighted by Gasteiger charge is 2.11. The molecule has 2 heteroatoms. The number of allylic oxidation sites excluding steroid dienone is 4. The first-order valence-electron chi connectivity index (χ1n) is 9.60. The second kappa shape index (κ2) is 17.3. The van der Waals surface area contributed by atoms with E-state index in [2.05, 4.69) is 31.2 Å². The van der Waals surface area contributed by atoms with Crippen LogP contribution in [0.4, 0.5) is 0 Å². The van der Waals surface area contributed by atoms with Gasteiger partial charge in [-0.05, 0) is 38.5 Å². The summed E-state index contributed by atoms with van der Waals surface area (Å²) in [5.41, 5.74) is 0. The molecule has 0 radical (unpaired) electrons. The summed E-state index contributed by atoms with van der Waals surface area (Å²) in [6.45, 7) is 4.20. The van der Waals surface area contributed by atoms with Crippen molar-refractivity contribution >= 4 is 5.97 Å². The lowest BCUT2D eigenvalue weighted by Gasteiger charge is -2.08. The number of methoxy groups -OCH3 is 1. The van der Waals surface area contributed by atoms with Crippen molar-refractivity contribution in [2.24, 2.45) is 5.92 Å². The van der Waals surface area contributed by atoms with Crippen LogP contribution in [0.1, 0.15) is 90.9 Å². The van der Waals surface area contributed by atoms with Gasteiger partial charge in [0.25, 0.3) is 0 Å². The summed E-state index contributed by atoms with van der Waals surface area (Å²) in [7, 11) is 1.47. The van der Waals surface area contributed by atoms with Crippen LogP contribution in [0.3, 0.4) is 0 Å². The number of unbranched alkanes of at least 4 members (excludes halogenated alkanes) is 8. The molecule has 0 bridgehead atoms. The van der Waals surface area contributed by atoms with Crippen LogP contribution in [-0.4, -0.2) is 13.1 Å². The topological polar surface area (TPSA) is 26.3 Å². The van der Waals surface area contributed by atoms with E-state index in [4.69, 9.17) is 4.74 Å². The normalized spacial score (nSPS) is 13.0. The van der Waals surface area contributed by atoms with Crippen LogP contribution >= 0.6 is 0 Å². The Morgan fingerprint density at radius 2 is 1.43 bits per heavy atom. The molecule has 0 aromatic heterocycles. The maximum absolute atomic E-state index is 11.3. The Morgan fingerprint density at radius 3 is 2.04 bits per heavy atom. The zero-order chi connectivity index (χ0) is 17.2. The maximum Gasteiger partial charge on any atom is 0.308 e. The average Bonchev–Trinajstić information content (AvgIpc) is 2.57. The fourth-order valence-electron chi connectivity index (χ4n) is 2.58. The first kappa shape index (κ1) is 21.9. The van der Waals surface area contributed by atoms with Crippen molar-refractivity contribution in [3.8, 4) is 0 Å². The minimum absolute atomic E-state index is 0.0537. The largest absolute Gasteiger partial charge is 0.469 e. The van der Waals surface area contributed by atoms with Crippen LogP contribution in [-0.2, 0) is 9.53 Å². The van der Waals surface area contributed by atoms with Gasteiger partial charge in [0.15, 0.2) is 0 Å². The second-order valence-corrected chi connectivity index (χ2v) is 6.44. The van der Waals surface area contributed by atoms with Crippen molar-refractivity contribution in [2.75, 3.05) is 7.11 Å². The highest BCUT2D eigenvalue weighted by Crippen LogP contribution is 2.13. The lowest BCUT2D eigenvalue weighted by Crippen LogP contribution is -2.12. The van der Waals surface area contributed by atoms with Crippen molar-refractivity contribution in [1.29, 1.82) is 0 Å². The Bertz CT molecular complexity index is 318. The molecule has 0 saturated heterocycles. The fourth-order valence-corrected chi connectivity index (χ4v) is 2.58. The molecule has 0 amide bonds. The average molecular weight is 323 g/mol. The minimum Gasteiger partial charge on any atom is -0.469 e. The van der Waals surface area contributed by atoms with Crippen molar-refractivity contribution < 1.29 is 9.53 Å². The summed E-state index contributed by atoms with van der Waals surface area (Å²) in [6.07, 6.45) is 23.9. The first-order valence-corrected chi connectivity index (χ1v) is 9.60. The van der Waals surface area contributed by atoms with E-state index in [-0.39, 0.29) is 11.9 Å². The summed E-state index contributed by atoms with van der Waals surface area (Å²) < 4.78 is 4.74. The fraction of sp³-hybridized carbons (Fsp3) is 0.762. The van der Waals surface area contributed by atoms with Gasteiger partial charge in [0.05, 0.1) is 13.0 Å². The number of hydrogen-bond acceptors (Lipinski definition) is 2. The molecule has 0 N–H and O–H groups in total. The van der Waals surface area contributed by atoms with E-state index in [1.54, 1.807) is 0 Å². The maximum atomic E-state index is 11.3. The molecule has 0 aliphatic rings. The molecule has 0 rings (SSSR count). The van der Waals surface area contributed by atoms with E-state index >= 15 is 0 Å². The highest BCUT2D eigenvalue weighted by atomic mass is 16.5. The molecular weight excluding hydrogens is 284 g/mol. The molecular formula is C21H38O2. The van der Waals surface area contributed by atoms with Gasteiger partial charge in [0.2, 0.25) is 0 Å². The molecule has 23 heavy (non-hydrogen) atoms. The smallest absolute Gasteiger partial charge is 0.308 e. The van der Waals surface area contributed by atoms with Gasteiger partial charge in [-0.3, -0.25) is 4.79 Å². The molecule has 134 valence electrons. The van der Waals surface area contributed by atoms with Gasteiger partial charge in [-0.1, -0.05) is 76.7 Å². The predicted octanol–water partition coefficient (Wildman–Crippen LogP) is 6.61. The van der Waals surface area contributed by atoms with Crippen LogP contribution in [0.15, 0.2) is 24.3 Å². The number of esters is 1. The number of rotatable bonds is 15. The zero-order valence-electron chi connectivity index (χ0n) is 15.7. The van der Waals surface area contributed by atoms with Crippen molar-refractivity contribution in [3.63, 3.8) is 0 Å². The number of ether oxygens (including phenoxy) is 1. The van der Waals surface area contributed by atoms with Gasteiger partial charge in [0, 0.05) is 0 Å².